The third-order valence-electron chi connectivity index (χ3n) is 4.44. The maximum atomic E-state index is 12.8. The lowest BCUT2D eigenvalue weighted by atomic mass is 10.2. The summed E-state index contributed by atoms with van der Waals surface area (Å²) in [4.78, 5) is 13.3. The van der Waals surface area contributed by atoms with Gasteiger partial charge in [-0.25, -0.2) is 8.42 Å². The molecule has 1 saturated carbocycles. The van der Waals surface area contributed by atoms with Crippen LogP contribution in [-0.2, 0) is 21.0 Å². The zero-order valence-electron chi connectivity index (χ0n) is 14.0. The quantitative estimate of drug-likeness (QED) is 0.821. The zero-order chi connectivity index (χ0) is 18.9. The average Bonchev–Trinajstić information content (AvgIpc) is 3.38. The van der Waals surface area contributed by atoms with E-state index in [4.69, 9.17) is 0 Å². The Morgan fingerprint density at radius 2 is 1.81 bits per heavy atom. The van der Waals surface area contributed by atoms with E-state index in [1.807, 2.05) is 4.90 Å². The van der Waals surface area contributed by atoms with Crippen LogP contribution in [0, 0.1) is 0 Å². The lowest BCUT2D eigenvalue weighted by Gasteiger charge is -2.33. The molecule has 2 fully saturated rings. The largest absolute Gasteiger partial charge is 0.416 e. The van der Waals surface area contributed by atoms with Gasteiger partial charge in [-0.15, -0.1) is 0 Å². The van der Waals surface area contributed by atoms with E-state index in [0.29, 0.717) is 19.2 Å². The molecule has 0 aromatic heterocycles. The number of piperazine rings is 1. The normalized spacial score (nSPS) is 20.1. The molecule has 1 amide bonds. The lowest BCUT2D eigenvalue weighted by molar-refractivity contribution is -0.137. The maximum Gasteiger partial charge on any atom is 0.416 e. The van der Waals surface area contributed by atoms with Crippen LogP contribution < -0.4 is 5.32 Å². The van der Waals surface area contributed by atoms with Gasteiger partial charge in [-0.3, -0.25) is 9.69 Å². The summed E-state index contributed by atoms with van der Waals surface area (Å²) in [7, 11) is -4.00. The molecule has 144 valence electrons. The molecule has 1 heterocycles. The van der Waals surface area contributed by atoms with Crippen molar-refractivity contribution < 1.29 is 26.4 Å². The number of nitrogens with zero attached hydrogens (tertiary/aromatic N) is 2. The third kappa shape index (κ3) is 4.54. The van der Waals surface area contributed by atoms with Crippen molar-refractivity contribution in [2.24, 2.45) is 0 Å². The summed E-state index contributed by atoms with van der Waals surface area (Å²) in [6, 6.07) is 4.03. The summed E-state index contributed by atoms with van der Waals surface area (Å²) >= 11 is 0. The Labute approximate surface area is 150 Å². The zero-order valence-corrected chi connectivity index (χ0v) is 14.8. The van der Waals surface area contributed by atoms with Crippen LogP contribution in [0.3, 0.4) is 0 Å². The van der Waals surface area contributed by atoms with Crippen molar-refractivity contribution in [3.63, 3.8) is 0 Å². The Kier molecular flexibility index (Phi) is 5.27. The molecule has 0 radical (unpaired) electrons. The number of sulfonamides is 1. The number of nitrogens with one attached hydrogen (secondary N) is 1. The molecule has 2 aliphatic rings. The van der Waals surface area contributed by atoms with Crippen LogP contribution in [0.25, 0.3) is 0 Å². The van der Waals surface area contributed by atoms with E-state index < -0.39 is 21.8 Å². The van der Waals surface area contributed by atoms with Crippen molar-refractivity contribution in [3.05, 3.63) is 29.8 Å². The summed E-state index contributed by atoms with van der Waals surface area (Å²) in [5, 5.41) is 2.87. The first-order chi connectivity index (χ1) is 12.2. The van der Waals surface area contributed by atoms with E-state index in [1.165, 1.54) is 6.07 Å². The van der Waals surface area contributed by atoms with Crippen molar-refractivity contribution in [2.75, 3.05) is 32.7 Å². The molecular weight excluding hydrogens is 371 g/mol. The number of carbonyl (C=O) groups is 1. The van der Waals surface area contributed by atoms with Gasteiger partial charge in [0.15, 0.2) is 0 Å². The van der Waals surface area contributed by atoms with Crippen molar-refractivity contribution in [3.8, 4) is 0 Å². The fourth-order valence-electron chi connectivity index (χ4n) is 2.81. The number of hydrogen-bond donors (Lipinski definition) is 1. The molecule has 1 saturated heterocycles. The number of amides is 1. The first-order valence-electron chi connectivity index (χ1n) is 8.35. The summed E-state index contributed by atoms with van der Waals surface area (Å²) < 4.78 is 64.8. The fraction of sp³-hybridized carbons (Fsp3) is 0.562. The second-order valence-corrected chi connectivity index (χ2v) is 8.49. The molecular formula is C16H20F3N3O3S. The van der Waals surface area contributed by atoms with E-state index in [0.717, 1.165) is 29.3 Å². The number of rotatable bonds is 5. The maximum absolute atomic E-state index is 12.8. The fourth-order valence-corrected chi connectivity index (χ4v) is 4.28. The third-order valence-corrected chi connectivity index (χ3v) is 6.33. The molecule has 0 unspecified atom stereocenters. The number of carbonyl (C=O) groups excluding carboxylic acids is 1. The summed E-state index contributed by atoms with van der Waals surface area (Å²) in [5.41, 5.74) is -0.992. The smallest absolute Gasteiger partial charge is 0.352 e. The minimum Gasteiger partial charge on any atom is -0.352 e. The Bertz CT molecular complexity index is 770. The van der Waals surface area contributed by atoms with Gasteiger partial charge in [-0.2, -0.15) is 17.5 Å². The molecule has 1 aromatic rings. The van der Waals surface area contributed by atoms with Crippen molar-refractivity contribution >= 4 is 15.9 Å². The number of benzene rings is 1. The van der Waals surface area contributed by atoms with Crippen LogP contribution in [0.15, 0.2) is 29.2 Å². The van der Waals surface area contributed by atoms with Gasteiger partial charge in [0.2, 0.25) is 15.9 Å². The van der Waals surface area contributed by atoms with E-state index in [1.54, 1.807) is 0 Å². The van der Waals surface area contributed by atoms with Crippen LogP contribution in [0.4, 0.5) is 13.2 Å². The van der Waals surface area contributed by atoms with Gasteiger partial charge < -0.3 is 5.32 Å². The first kappa shape index (κ1) is 19.1. The molecule has 1 aliphatic heterocycles. The summed E-state index contributed by atoms with van der Waals surface area (Å²) in [6.45, 7) is 1.19. The Hall–Kier alpha value is -1.65. The number of hydrogen-bond acceptors (Lipinski definition) is 4. The van der Waals surface area contributed by atoms with Crippen LogP contribution in [0.2, 0.25) is 0 Å². The molecule has 1 N–H and O–H groups in total. The first-order valence-corrected chi connectivity index (χ1v) is 9.79. The topological polar surface area (TPSA) is 69.7 Å². The number of halogens is 3. The molecule has 1 aromatic carbocycles. The SMILES string of the molecule is O=C(CN1CCN(S(=O)(=O)c2cccc(C(F)(F)F)c2)CC1)NC1CC1. The highest BCUT2D eigenvalue weighted by Gasteiger charge is 2.34. The number of alkyl halides is 3. The highest BCUT2D eigenvalue weighted by molar-refractivity contribution is 7.89. The predicted molar refractivity (Wildman–Crippen MR) is 87.8 cm³/mol. The van der Waals surface area contributed by atoms with E-state index in [9.17, 15) is 26.4 Å². The van der Waals surface area contributed by atoms with Gasteiger partial charge in [0, 0.05) is 32.2 Å². The van der Waals surface area contributed by atoms with Gasteiger partial charge >= 0.3 is 6.18 Å². The van der Waals surface area contributed by atoms with Gasteiger partial charge in [0.25, 0.3) is 0 Å². The monoisotopic (exact) mass is 391 g/mol. The van der Waals surface area contributed by atoms with Crippen molar-refractivity contribution in [2.45, 2.75) is 30.0 Å². The molecule has 0 bridgehead atoms. The Morgan fingerprint density at radius 1 is 1.15 bits per heavy atom. The minimum atomic E-state index is -4.60. The lowest BCUT2D eigenvalue weighted by Crippen LogP contribution is -2.51. The molecule has 0 atom stereocenters. The van der Waals surface area contributed by atoms with Crippen molar-refractivity contribution in [1.82, 2.24) is 14.5 Å². The molecule has 3 rings (SSSR count). The van der Waals surface area contributed by atoms with E-state index in [2.05, 4.69) is 5.32 Å². The summed E-state index contributed by atoms with van der Waals surface area (Å²) in [6.07, 6.45) is -2.61. The minimum absolute atomic E-state index is 0.0818. The highest BCUT2D eigenvalue weighted by atomic mass is 32.2. The molecule has 1 aliphatic carbocycles. The van der Waals surface area contributed by atoms with Crippen molar-refractivity contribution in [1.29, 1.82) is 0 Å². The predicted octanol–water partition coefficient (Wildman–Crippen LogP) is 1.29. The molecule has 6 nitrogen and oxygen atoms in total. The Morgan fingerprint density at radius 3 is 2.38 bits per heavy atom. The van der Waals surface area contributed by atoms with E-state index >= 15 is 0 Å². The van der Waals surface area contributed by atoms with Gasteiger partial charge in [-0.05, 0) is 31.0 Å². The van der Waals surface area contributed by atoms with Crippen LogP contribution >= 0.6 is 0 Å². The molecule has 0 spiro atoms. The second kappa shape index (κ2) is 7.16. The highest BCUT2D eigenvalue weighted by Crippen LogP contribution is 2.31. The van der Waals surface area contributed by atoms with E-state index in [-0.39, 0.29) is 36.5 Å². The van der Waals surface area contributed by atoms with Gasteiger partial charge in [-0.1, -0.05) is 6.07 Å². The molecule has 26 heavy (non-hydrogen) atoms. The van der Waals surface area contributed by atoms with Gasteiger partial charge in [0.05, 0.1) is 17.0 Å². The second-order valence-electron chi connectivity index (χ2n) is 6.55. The van der Waals surface area contributed by atoms with Crippen LogP contribution in [0.5, 0.6) is 0 Å². The summed E-state index contributed by atoms with van der Waals surface area (Å²) in [5.74, 6) is -0.0818. The van der Waals surface area contributed by atoms with Crippen LogP contribution in [-0.4, -0.2) is 62.3 Å². The molecule has 10 heteroatoms. The Balaban J connectivity index is 1.61. The average molecular weight is 391 g/mol. The standard InChI is InChI=1S/C16H20F3N3O3S/c17-16(18,19)12-2-1-3-14(10-12)26(24,25)22-8-6-21(7-9-22)11-15(23)20-13-4-5-13/h1-3,10,13H,4-9,11H2,(H,20,23). The van der Waals surface area contributed by atoms with Gasteiger partial charge in [0.1, 0.15) is 0 Å². The van der Waals surface area contributed by atoms with Crippen LogP contribution in [0.1, 0.15) is 18.4 Å².